The number of carboxylic acids is 1. The molecule has 0 spiro atoms. The zero-order valence-corrected chi connectivity index (χ0v) is 12.0. The molecule has 23 heavy (non-hydrogen) atoms. The zero-order valence-electron chi connectivity index (χ0n) is 12.0. The smallest absolute Gasteiger partial charge is 0.335 e. The van der Waals surface area contributed by atoms with Crippen molar-refractivity contribution in [2.45, 2.75) is 0 Å². The van der Waals surface area contributed by atoms with Gasteiger partial charge in [-0.1, -0.05) is 18.2 Å². The molecule has 0 aliphatic rings. The van der Waals surface area contributed by atoms with Crippen molar-refractivity contribution in [2.75, 3.05) is 7.05 Å². The van der Waals surface area contributed by atoms with E-state index < -0.39 is 34.6 Å². The van der Waals surface area contributed by atoms with Crippen molar-refractivity contribution in [1.82, 2.24) is 5.01 Å². The summed E-state index contributed by atoms with van der Waals surface area (Å²) in [6, 6.07) is 9.63. The number of amides is 1. The summed E-state index contributed by atoms with van der Waals surface area (Å²) in [5, 5.41) is 13.3. The molecule has 1 amide bonds. The molecule has 2 aromatic carbocycles. The van der Waals surface area contributed by atoms with Crippen LogP contribution < -0.4 is 0 Å². The molecular formula is C16H12F2N2O3. The van der Waals surface area contributed by atoms with E-state index in [9.17, 15) is 18.4 Å². The van der Waals surface area contributed by atoms with E-state index in [1.807, 2.05) is 0 Å². The predicted molar refractivity (Wildman–Crippen MR) is 79.4 cm³/mol. The summed E-state index contributed by atoms with van der Waals surface area (Å²) in [4.78, 5) is 22.7. The summed E-state index contributed by atoms with van der Waals surface area (Å²) in [6.07, 6.45) is 0.830. The van der Waals surface area contributed by atoms with Gasteiger partial charge >= 0.3 is 5.97 Å². The van der Waals surface area contributed by atoms with Crippen molar-refractivity contribution in [3.8, 4) is 0 Å². The van der Waals surface area contributed by atoms with E-state index in [0.717, 1.165) is 11.2 Å². The van der Waals surface area contributed by atoms with Gasteiger partial charge in [-0.15, -0.1) is 0 Å². The fourth-order valence-corrected chi connectivity index (χ4v) is 1.80. The Morgan fingerprint density at radius 2 is 1.65 bits per heavy atom. The molecule has 0 bridgehead atoms. The molecular weight excluding hydrogens is 306 g/mol. The Balaban J connectivity index is 2.23. The maximum atomic E-state index is 13.7. The Morgan fingerprint density at radius 3 is 2.17 bits per heavy atom. The molecule has 0 aromatic heterocycles. The molecule has 0 aliphatic carbocycles. The van der Waals surface area contributed by atoms with Gasteiger partial charge in [0.05, 0.1) is 17.3 Å². The molecule has 0 saturated heterocycles. The molecule has 0 heterocycles. The Kier molecular flexibility index (Phi) is 4.80. The minimum atomic E-state index is -1.44. The summed E-state index contributed by atoms with van der Waals surface area (Å²) in [5.41, 5.74) is -0.664. The Hall–Kier alpha value is -3.09. The average molecular weight is 318 g/mol. The predicted octanol–water partition coefficient (Wildman–Crippen LogP) is 2.77. The van der Waals surface area contributed by atoms with Gasteiger partial charge < -0.3 is 5.11 Å². The van der Waals surface area contributed by atoms with Crippen LogP contribution in [0.25, 0.3) is 0 Å². The minimum absolute atomic E-state index is 0.370. The monoisotopic (exact) mass is 318 g/mol. The number of hydrogen-bond acceptors (Lipinski definition) is 3. The number of halogens is 2. The van der Waals surface area contributed by atoms with Gasteiger partial charge in [0.1, 0.15) is 11.6 Å². The van der Waals surface area contributed by atoms with Gasteiger partial charge in [0, 0.05) is 12.6 Å². The lowest BCUT2D eigenvalue weighted by Crippen LogP contribution is -2.21. The van der Waals surface area contributed by atoms with Gasteiger partial charge in [0.25, 0.3) is 5.91 Å². The van der Waals surface area contributed by atoms with Gasteiger partial charge in [0.15, 0.2) is 0 Å². The number of nitrogens with zero attached hydrogens (tertiary/aromatic N) is 2. The third-order valence-electron chi connectivity index (χ3n) is 3.00. The Labute approximate surface area is 130 Å². The van der Waals surface area contributed by atoms with Crippen LogP contribution in [0.4, 0.5) is 8.78 Å². The Bertz CT molecular complexity index is 753. The highest BCUT2D eigenvalue weighted by Gasteiger charge is 2.14. The van der Waals surface area contributed by atoms with Gasteiger partial charge in [-0.05, 0) is 24.3 Å². The molecule has 2 aromatic rings. The largest absolute Gasteiger partial charge is 0.478 e. The zero-order chi connectivity index (χ0) is 17.0. The number of aromatic carboxylic acids is 1. The standard InChI is InChI=1S/C16H12F2N2O3/c1-20(15(21)10-5-3-2-4-6-10)19-9-12-13(17)7-11(16(22)23)8-14(12)18/h2-9H,1H3,(H,22,23)/b19-9+. The highest BCUT2D eigenvalue weighted by Crippen LogP contribution is 2.14. The van der Waals surface area contributed by atoms with Gasteiger partial charge in [0.2, 0.25) is 0 Å². The van der Waals surface area contributed by atoms with Crippen LogP contribution in [0.3, 0.4) is 0 Å². The molecule has 0 radical (unpaired) electrons. The number of rotatable bonds is 4. The number of carboxylic acid groups (broad SMARTS) is 1. The highest BCUT2D eigenvalue weighted by molar-refractivity contribution is 5.95. The molecule has 118 valence electrons. The van der Waals surface area contributed by atoms with Crippen LogP contribution in [0.15, 0.2) is 47.6 Å². The second-order valence-electron chi connectivity index (χ2n) is 4.60. The van der Waals surface area contributed by atoms with Crippen LogP contribution in [0.2, 0.25) is 0 Å². The van der Waals surface area contributed by atoms with Crippen LogP contribution in [0.1, 0.15) is 26.3 Å². The molecule has 5 nitrogen and oxygen atoms in total. The van der Waals surface area contributed by atoms with E-state index in [0.29, 0.717) is 17.7 Å². The summed E-state index contributed by atoms with van der Waals surface area (Å²) in [7, 11) is 1.34. The first-order chi connectivity index (χ1) is 10.9. The lowest BCUT2D eigenvalue weighted by Gasteiger charge is -2.11. The SMILES string of the molecule is CN(/N=C/c1c(F)cc(C(=O)O)cc1F)C(=O)c1ccccc1. The summed E-state index contributed by atoms with van der Waals surface area (Å²) >= 11 is 0. The topological polar surface area (TPSA) is 70.0 Å². The van der Waals surface area contributed by atoms with Crippen molar-refractivity contribution < 1.29 is 23.5 Å². The third-order valence-corrected chi connectivity index (χ3v) is 3.00. The first-order valence-corrected chi connectivity index (χ1v) is 6.49. The van der Waals surface area contributed by atoms with Gasteiger partial charge in [-0.3, -0.25) is 4.79 Å². The molecule has 0 aliphatic heterocycles. The van der Waals surface area contributed by atoms with Crippen LogP contribution in [0.5, 0.6) is 0 Å². The van der Waals surface area contributed by atoms with Gasteiger partial charge in [-0.25, -0.2) is 18.6 Å². The van der Waals surface area contributed by atoms with Crippen molar-refractivity contribution in [3.63, 3.8) is 0 Å². The summed E-state index contributed by atoms with van der Waals surface area (Å²) in [6.45, 7) is 0. The van der Waals surface area contributed by atoms with E-state index in [1.54, 1.807) is 30.3 Å². The first kappa shape index (κ1) is 16.3. The third kappa shape index (κ3) is 3.76. The number of benzene rings is 2. The maximum absolute atomic E-state index is 13.7. The van der Waals surface area contributed by atoms with Crippen LogP contribution in [-0.2, 0) is 0 Å². The molecule has 1 N–H and O–H groups in total. The minimum Gasteiger partial charge on any atom is -0.478 e. The van der Waals surface area contributed by atoms with Crippen LogP contribution >= 0.6 is 0 Å². The summed E-state index contributed by atoms with van der Waals surface area (Å²) < 4.78 is 27.5. The first-order valence-electron chi connectivity index (χ1n) is 6.49. The fraction of sp³-hybridized carbons (Fsp3) is 0.0625. The van der Waals surface area contributed by atoms with E-state index in [1.165, 1.54) is 7.05 Å². The van der Waals surface area contributed by atoms with Crippen molar-refractivity contribution in [1.29, 1.82) is 0 Å². The molecule has 0 atom stereocenters. The Morgan fingerprint density at radius 1 is 1.09 bits per heavy atom. The number of carbonyl (C=O) groups excluding carboxylic acids is 1. The van der Waals surface area contributed by atoms with Crippen molar-refractivity contribution in [3.05, 3.63) is 70.8 Å². The molecule has 0 saturated carbocycles. The second-order valence-corrected chi connectivity index (χ2v) is 4.60. The fourth-order valence-electron chi connectivity index (χ4n) is 1.80. The summed E-state index contributed by atoms with van der Waals surface area (Å²) in [5.74, 6) is -4.05. The number of hydrogen-bond donors (Lipinski definition) is 1. The van der Waals surface area contributed by atoms with E-state index >= 15 is 0 Å². The van der Waals surface area contributed by atoms with Crippen LogP contribution in [-0.4, -0.2) is 35.3 Å². The normalized spacial score (nSPS) is 10.7. The van der Waals surface area contributed by atoms with E-state index in [-0.39, 0.29) is 0 Å². The van der Waals surface area contributed by atoms with E-state index in [4.69, 9.17) is 5.11 Å². The van der Waals surface area contributed by atoms with Crippen LogP contribution in [0, 0.1) is 11.6 Å². The number of hydrazone groups is 1. The quantitative estimate of drug-likeness (QED) is 0.696. The molecule has 7 heteroatoms. The van der Waals surface area contributed by atoms with Gasteiger partial charge in [-0.2, -0.15) is 5.10 Å². The second kappa shape index (κ2) is 6.78. The lowest BCUT2D eigenvalue weighted by atomic mass is 10.1. The van der Waals surface area contributed by atoms with E-state index in [2.05, 4.69) is 5.10 Å². The maximum Gasteiger partial charge on any atom is 0.335 e. The molecule has 2 rings (SSSR count). The van der Waals surface area contributed by atoms with Crippen molar-refractivity contribution in [2.24, 2.45) is 5.10 Å². The molecule has 0 fully saturated rings. The number of carbonyl (C=O) groups is 2. The average Bonchev–Trinajstić information content (AvgIpc) is 2.53. The van der Waals surface area contributed by atoms with Crippen molar-refractivity contribution >= 4 is 18.1 Å². The lowest BCUT2D eigenvalue weighted by molar-refractivity contribution is 0.0695. The molecule has 0 unspecified atom stereocenters. The highest BCUT2D eigenvalue weighted by atomic mass is 19.1.